The molecule has 5 rings (SSSR count). The first kappa shape index (κ1) is 23.3. The maximum absolute atomic E-state index is 13.3. The summed E-state index contributed by atoms with van der Waals surface area (Å²) < 4.78 is 54.3. The predicted molar refractivity (Wildman–Crippen MR) is 124 cm³/mol. The zero-order valence-corrected chi connectivity index (χ0v) is 19.3. The van der Waals surface area contributed by atoms with Crippen molar-refractivity contribution >= 4 is 22.6 Å². The molecule has 0 spiro atoms. The zero-order chi connectivity index (χ0) is 25.1. The number of hydrogen-bond acceptors (Lipinski definition) is 5. The van der Waals surface area contributed by atoms with Gasteiger partial charge in [-0.25, -0.2) is 4.39 Å². The number of hydrogen-bond donors (Lipinski definition) is 0. The Morgan fingerprint density at radius 3 is 2.31 bits per heavy atom. The molecule has 0 saturated carbocycles. The Hall–Kier alpha value is -3.47. The molecular formula is C24H24F4N6O. The Morgan fingerprint density at radius 1 is 1.09 bits per heavy atom. The van der Waals surface area contributed by atoms with Crippen LogP contribution in [0.25, 0.3) is 22.3 Å². The topological polar surface area (TPSA) is 57.5 Å². The summed E-state index contributed by atoms with van der Waals surface area (Å²) in [5.74, 6) is -1.77. The number of carbonyl (C=O) groups excluding carboxylic acids is 1. The van der Waals surface area contributed by atoms with Crippen LogP contribution in [0.1, 0.15) is 11.6 Å². The Labute approximate surface area is 199 Å². The number of fused-ring (bicyclic) bond motifs is 1. The number of benzene rings is 1. The molecule has 2 aliphatic heterocycles. The fraction of sp³-hybridized carbons (Fsp3) is 0.375. The van der Waals surface area contributed by atoms with E-state index in [1.165, 1.54) is 17.0 Å². The van der Waals surface area contributed by atoms with Crippen LogP contribution in [0.4, 0.5) is 23.2 Å². The number of likely N-dealkylation sites (tertiary alicyclic amines) is 1. The van der Waals surface area contributed by atoms with Crippen LogP contribution < -0.4 is 4.90 Å². The number of pyridine rings is 1. The molecule has 2 fully saturated rings. The van der Waals surface area contributed by atoms with Gasteiger partial charge in [-0.05, 0) is 32.3 Å². The number of aromatic nitrogens is 3. The van der Waals surface area contributed by atoms with Crippen LogP contribution >= 0.6 is 0 Å². The van der Waals surface area contributed by atoms with Crippen LogP contribution in [-0.4, -0.2) is 76.8 Å². The lowest BCUT2D eigenvalue weighted by atomic mass is 10.0. The minimum absolute atomic E-state index is 0.224. The second-order valence-corrected chi connectivity index (χ2v) is 9.19. The number of rotatable bonds is 5. The van der Waals surface area contributed by atoms with Gasteiger partial charge in [-0.2, -0.15) is 18.3 Å². The molecule has 0 N–H and O–H groups in total. The Balaban J connectivity index is 1.56. The molecule has 0 bridgehead atoms. The second kappa shape index (κ2) is 8.33. The number of alkyl halides is 3. The molecule has 2 aliphatic rings. The third kappa shape index (κ3) is 4.03. The molecular weight excluding hydrogens is 464 g/mol. The molecule has 11 heteroatoms. The van der Waals surface area contributed by atoms with Crippen molar-refractivity contribution < 1.29 is 22.4 Å². The molecule has 2 saturated heterocycles. The fourth-order valence-electron chi connectivity index (χ4n) is 4.50. The van der Waals surface area contributed by atoms with Gasteiger partial charge >= 0.3 is 6.18 Å². The number of anilines is 1. The van der Waals surface area contributed by atoms with Gasteiger partial charge in [0.15, 0.2) is 5.83 Å². The van der Waals surface area contributed by atoms with E-state index in [-0.39, 0.29) is 19.1 Å². The summed E-state index contributed by atoms with van der Waals surface area (Å²) >= 11 is 0. The van der Waals surface area contributed by atoms with Crippen molar-refractivity contribution in [1.82, 2.24) is 24.6 Å². The van der Waals surface area contributed by atoms with Gasteiger partial charge in [0.1, 0.15) is 16.7 Å². The summed E-state index contributed by atoms with van der Waals surface area (Å²) in [4.78, 5) is 22.2. The third-order valence-corrected chi connectivity index (χ3v) is 6.71. The minimum Gasteiger partial charge on any atom is -0.366 e. The van der Waals surface area contributed by atoms with Gasteiger partial charge in [0.05, 0.1) is 17.3 Å². The molecule has 0 atom stereocenters. The SMILES string of the molecule is C=C(F)C(=O)N1CC(n2nc(-c3ccc(C(F)(F)F)cc3)c3nccc(N4CC(N(C)C)C4)c32)C1. The van der Waals surface area contributed by atoms with Gasteiger partial charge in [0.25, 0.3) is 5.91 Å². The average Bonchev–Trinajstić information content (AvgIpc) is 3.11. The maximum Gasteiger partial charge on any atom is 0.416 e. The Kier molecular flexibility index (Phi) is 5.54. The van der Waals surface area contributed by atoms with Crippen LogP contribution in [0.2, 0.25) is 0 Å². The predicted octanol–water partition coefficient (Wildman–Crippen LogP) is 3.73. The summed E-state index contributed by atoms with van der Waals surface area (Å²) in [5.41, 5.74) is 2.45. The molecule has 0 aliphatic carbocycles. The van der Waals surface area contributed by atoms with E-state index in [1.54, 1.807) is 10.9 Å². The molecule has 7 nitrogen and oxygen atoms in total. The zero-order valence-electron chi connectivity index (χ0n) is 19.3. The van der Waals surface area contributed by atoms with Crippen molar-refractivity contribution in [3.8, 4) is 11.3 Å². The lowest BCUT2D eigenvalue weighted by Gasteiger charge is -2.45. The van der Waals surface area contributed by atoms with E-state index in [9.17, 15) is 22.4 Å². The monoisotopic (exact) mass is 488 g/mol. The largest absolute Gasteiger partial charge is 0.416 e. The number of amides is 1. The third-order valence-electron chi connectivity index (χ3n) is 6.71. The van der Waals surface area contributed by atoms with Crippen molar-refractivity contribution in [2.45, 2.75) is 18.3 Å². The van der Waals surface area contributed by atoms with Crippen LogP contribution in [0.3, 0.4) is 0 Å². The molecule has 1 aromatic carbocycles. The van der Waals surface area contributed by atoms with Crippen LogP contribution in [-0.2, 0) is 11.0 Å². The van der Waals surface area contributed by atoms with Gasteiger partial charge in [-0.15, -0.1) is 0 Å². The standard InChI is InChI=1S/C24H24F4N6O/c1-14(25)23(35)33-12-18(13-33)34-22-19(32-10-17(11-32)31(2)3)8-9-29-21(22)20(30-34)15-4-6-16(7-5-15)24(26,27)28/h4-9,17-18H,1,10-13H2,2-3H3. The highest BCUT2D eigenvalue weighted by Crippen LogP contribution is 2.39. The lowest BCUT2D eigenvalue weighted by Crippen LogP contribution is -2.57. The first-order valence-corrected chi connectivity index (χ1v) is 11.1. The van der Waals surface area contributed by atoms with Crippen LogP contribution in [0.15, 0.2) is 48.9 Å². The van der Waals surface area contributed by atoms with E-state index in [1.807, 2.05) is 20.2 Å². The maximum atomic E-state index is 13.3. The van der Waals surface area contributed by atoms with E-state index in [4.69, 9.17) is 5.10 Å². The second-order valence-electron chi connectivity index (χ2n) is 9.19. The van der Waals surface area contributed by atoms with E-state index >= 15 is 0 Å². The van der Waals surface area contributed by atoms with E-state index < -0.39 is 23.5 Å². The van der Waals surface area contributed by atoms with Gasteiger partial charge in [0, 0.05) is 44.0 Å². The molecule has 3 aromatic rings. The minimum atomic E-state index is -4.44. The molecule has 4 heterocycles. The Bertz CT molecular complexity index is 1290. The number of halogens is 4. The van der Waals surface area contributed by atoms with Crippen LogP contribution in [0.5, 0.6) is 0 Å². The van der Waals surface area contributed by atoms with Gasteiger partial charge in [-0.3, -0.25) is 14.5 Å². The summed E-state index contributed by atoms with van der Waals surface area (Å²) in [6, 6.07) is 6.90. The van der Waals surface area contributed by atoms with Crippen molar-refractivity contribution in [2.75, 3.05) is 45.2 Å². The number of likely N-dealkylation sites (N-methyl/N-ethyl adjacent to an activating group) is 1. The van der Waals surface area contributed by atoms with Gasteiger partial charge in [-0.1, -0.05) is 18.7 Å². The molecule has 0 radical (unpaired) electrons. The summed E-state index contributed by atoms with van der Waals surface area (Å²) in [7, 11) is 4.05. The molecule has 2 aromatic heterocycles. The average molecular weight is 488 g/mol. The van der Waals surface area contributed by atoms with Crippen molar-refractivity contribution in [2.24, 2.45) is 0 Å². The van der Waals surface area contributed by atoms with Gasteiger partial charge in [0.2, 0.25) is 0 Å². The highest BCUT2D eigenvalue weighted by molar-refractivity contribution is 5.98. The summed E-state index contributed by atoms with van der Waals surface area (Å²) in [5, 5.41) is 4.75. The van der Waals surface area contributed by atoms with E-state index in [0.717, 1.165) is 36.4 Å². The first-order chi connectivity index (χ1) is 16.5. The van der Waals surface area contributed by atoms with E-state index in [0.29, 0.717) is 22.8 Å². The van der Waals surface area contributed by atoms with Crippen LogP contribution in [0, 0.1) is 0 Å². The molecule has 35 heavy (non-hydrogen) atoms. The summed E-state index contributed by atoms with van der Waals surface area (Å²) in [6.45, 7) is 5.19. The number of nitrogens with zero attached hydrogens (tertiary/aromatic N) is 6. The smallest absolute Gasteiger partial charge is 0.366 e. The highest BCUT2D eigenvalue weighted by atomic mass is 19.4. The molecule has 184 valence electrons. The molecule has 0 unspecified atom stereocenters. The normalized spacial score (nSPS) is 17.1. The number of carbonyl (C=O) groups is 1. The Morgan fingerprint density at radius 2 is 1.74 bits per heavy atom. The fourth-order valence-corrected chi connectivity index (χ4v) is 4.50. The van der Waals surface area contributed by atoms with E-state index in [2.05, 4.69) is 21.4 Å². The lowest BCUT2D eigenvalue weighted by molar-refractivity contribution is -0.137. The van der Waals surface area contributed by atoms with Crippen molar-refractivity contribution in [3.05, 3.63) is 54.5 Å². The van der Waals surface area contributed by atoms with Crippen molar-refractivity contribution in [3.63, 3.8) is 0 Å². The first-order valence-electron chi connectivity index (χ1n) is 11.1. The summed E-state index contributed by atoms with van der Waals surface area (Å²) in [6.07, 6.45) is -2.77. The van der Waals surface area contributed by atoms with Crippen molar-refractivity contribution in [1.29, 1.82) is 0 Å². The molecule has 1 amide bonds. The quantitative estimate of drug-likeness (QED) is 0.405. The highest BCUT2D eigenvalue weighted by Gasteiger charge is 2.38. The van der Waals surface area contributed by atoms with Gasteiger partial charge < -0.3 is 14.7 Å².